The predicted octanol–water partition coefficient (Wildman–Crippen LogP) is 2.58. The van der Waals surface area contributed by atoms with Crippen molar-refractivity contribution in [1.82, 2.24) is 10.2 Å². The number of ether oxygens (including phenoxy) is 2. The molecule has 0 radical (unpaired) electrons. The summed E-state index contributed by atoms with van der Waals surface area (Å²) in [5.74, 6) is 1.65. The number of hydrogen-bond acceptors (Lipinski definition) is 4. The second-order valence-electron chi connectivity index (χ2n) is 5.31. The van der Waals surface area contributed by atoms with Gasteiger partial charge >= 0.3 is 6.18 Å². The van der Waals surface area contributed by atoms with E-state index in [1.807, 2.05) is 6.92 Å². The van der Waals surface area contributed by atoms with E-state index in [9.17, 15) is 13.2 Å². The Morgan fingerprint density at radius 3 is 2.44 bits per heavy atom. The first-order valence-electron chi connectivity index (χ1n) is 7.81. The van der Waals surface area contributed by atoms with Crippen LogP contribution >= 0.6 is 0 Å². The van der Waals surface area contributed by atoms with Crippen molar-refractivity contribution < 1.29 is 22.6 Å². The summed E-state index contributed by atoms with van der Waals surface area (Å²) in [6.07, 6.45) is -4.21. The van der Waals surface area contributed by atoms with E-state index in [1.54, 1.807) is 25.3 Å². The van der Waals surface area contributed by atoms with Crippen LogP contribution in [0.2, 0.25) is 0 Å². The van der Waals surface area contributed by atoms with Crippen LogP contribution in [0.5, 0.6) is 11.5 Å². The molecule has 25 heavy (non-hydrogen) atoms. The quantitative estimate of drug-likeness (QED) is 0.550. The standard InChI is InChI=1S/C16H25F3N4O2/c1-5-20-15(21-8-9-23(2)11-16(17,18)19)22-12-6-7-13(24-3)14(10-12)25-4/h6-7,10H,5,8-9,11H2,1-4H3,(H2,20,21,22). The van der Waals surface area contributed by atoms with Crippen LogP contribution in [0.1, 0.15) is 6.92 Å². The summed E-state index contributed by atoms with van der Waals surface area (Å²) in [6.45, 7) is 2.00. The molecule has 0 atom stereocenters. The molecule has 0 aromatic heterocycles. The van der Waals surface area contributed by atoms with Gasteiger partial charge in [-0.25, -0.2) is 0 Å². The molecule has 0 bridgehead atoms. The fourth-order valence-electron chi connectivity index (χ4n) is 2.08. The normalized spacial score (nSPS) is 12.2. The molecule has 142 valence electrons. The van der Waals surface area contributed by atoms with Gasteiger partial charge in [0.15, 0.2) is 17.5 Å². The van der Waals surface area contributed by atoms with Crippen LogP contribution in [0.25, 0.3) is 0 Å². The van der Waals surface area contributed by atoms with Crippen molar-refractivity contribution in [3.63, 3.8) is 0 Å². The number of rotatable bonds is 8. The molecule has 1 aromatic carbocycles. The van der Waals surface area contributed by atoms with Gasteiger partial charge in [0.05, 0.1) is 27.3 Å². The van der Waals surface area contributed by atoms with Crippen molar-refractivity contribution in [2.24, 2.45) is 4.99 Å². The molecular weight excluding hydrogens is 337 g/mol. The van der Waals surface area contributed by atoms with Gasteiger partial charge in [0.2, 0.25) is 0 Å². The third-order valence-electron chi connectivity index (χ3n) is 3.19. The maximum Gasteiger partial charge on any atom is 0.401 e. The number of aliphatic imine (C=N–C) groups is 1. The molecule has 0 aliphatic rings. The van der Waals surface area contributed by atoms with Crippen LogP contribution in [0.4, 0.5) is 18.9 Å². The molecule has 0 amide bonds. The lowest BCUT2D eigenvalue weighted by molar-refractivity contribution is -0.142. The molecule has 0 unspecified atom stereocenters. The second kappa shape index (κ2) is 9.97. The largest absolute Gasteiger partial charge is 0.493 e. The first-order chi connectivity index (χ1) is 11.8. The molecule has 0 saturated heterocycles. The van der Waals surface area contributed by atoms with Crippen LogP contribution in [-0.2, 0) is 0 Å². The van der Waals surface area contributed by atoms with E-state index in [0.717, 1.165) is 5.69 Å². The molecular formula is C16H25F3N4O2. The highest BCUT2D eigenvalue weighted by molar-refractivity contribution is 5.93. The van der Waals surface area contributed by atoms with Crippen LogP contribution in [0, 0.1) is 0 Å². The lowest BCUT2D eigenvalue weighted by Crippen LogP contribution is -2.34. The van der Waals surface area contributed by atoms with Gasteiger partial charge < -0.3 is 20.1 Å². The summed E-state index contributed by atoms with van der Waals surface area (Å²) in [7, 11) is 4.50. The fourth-order valence-corrected chi connectivity index (χ4v) is 2.08. The summed E-state index contributed by atoms with van der Waals surface area (Å²) < 4.78 is 47.3. The van der Waals surface area contributed by atoms with Crippen molar-refractivity contribution in [1.29, 1.82) is 0 Å². The van der Waals surface area contributed by atoms with Gasteiger partial charge in [0.1, 0.15) is 0 Å². The summed E-state index contributed by atoms with van der Waals surface area (Å²) in [6, 6.07) is 5.30. The van der Waals surface area contributed by atoms with E-state index in [-0.39, 0.29) is 13.1 Å². The molecule has 0 aliphatic carbocycles. The first kappa shape index (κ1) is 20.9. The number of halogens is 3. The van der Waals surface area contributed by atoms with Crippen LogP contribution in [0.15, 0.2) is 23.2 Å². The predicted molar refractivity (Wildman–Crippen MR) is 92.7 cm³/mol. The first-order valence-corrected chi connectivity index (χ1v) is 7.81. The second-order valence-corrected chi connectivity index (χ2v) is 5.31. The average molecular weight is 362 g/mol. The van der Waals surface area contributed by atoms with E-state index >= 15 is 0 Å². The van der Waals surface area contributed by atoms with Crippen LogP contribution < -0.4 is 20.1 Å². The van der Waals surface area contributed by atoms with E-state index in [0.29, 0.717) is 24.0 Å². The van der Waals surface area contributed by atoms with E-state index in [2.05, 4.69) is 15.6 Å². The number of methoxy groups -OCH3 is 2. The number of guanidine groups is 1. The Morgan fingerprint density at radius 1 is 1.20 bits per heavy atom. The summed E-state index contributed by atoms with van der Waals surface area (Å²) >= 11 is 0. The summed E-state index contributed by atoms with van der Waals surface area (Å²) in [5, 5.41) is 6.14. The van der Waals surface area contributed by atoms with Gasteiger partial charge in [-0.15, -0.1) is 0 Å². The number of alkyl halides is 3. The van der Waals surface area contributed by atoms with E-state index in [1.165, 1.54) is 19.1 Å². The Labute approximate surface area is 146 Å². The molecule has 1 aromatic rings. The van der Waals surface area contributed by atoms with Crippen molar-refractivity contribution in [2.45, 2.75) is 13.1 Å². The van der Waals surface area contributed by atoms with Crippen molar-refractivity contribution in [3.05, 3.63) is 18.2 Å². The Morgan fingerprint density at radius 2 is 1.88 bits per heavy atom. The zero-order chi connectivity index (χ0) is 18.9. The number of benzene rings is 1. The van der Waals surface area contributed by atoms with E-state index < -0.39 is 12.7 Å². The number of likely N-dealkylation sites (N-methyl/N-ethyl adjacent to an activating group) is 1. The zero-order valence-corrected chi connectivity index (χ0v) is 14.9. The maximum absolute atomic E-state index is 12.3. The molecule has 0 saturated carbocycles. The Balaban J connectivity index is 2.70. The van der Waals surface area contributed by atoms with Gasteiger partial charge in [0.25, 0.3) is 0 Å². The highest BCUT2D eigenvalue weighted by Gasteiger charge is 2.28. The molecule has 2 N–H and O–H groups in total. The average Bonchev–Trinajstić information content (AvgIpc) is 2.53. The van der Waals surface area contributed by atoms with Gasteiger partial charge in [-0.05, 0) is 26.1 Å². The van der Waals surface area contributed by atoms with E-state index in [4.69, 9.17) is 9.47 Å². The van der Waals surface area contributed by atoms with Gasteiger partial charge in [-0.1, -0.05) is 0 Å². The lowest BCUT2D eigenvalue weighted by atomic mass is 10.3. The topological polar surface area (TPSA) is 58.1 Å². The smallest absolute Gasteiger partial charge is 0.401 e. The van der Waals surface area contributed by atoms with Crippen LogP contribution in [-0.4, -0.2) is 64.5 Å². The SMILES string of the molecule is CCNC(=NCCN(C)CC(F)(F)F)Nc1ccc(OC)c(OC)c1. The number of nitrogens with one attached hydrogen (secondary N) is 2. The lowest BCUT2D eigenvalue weighted by Gasteiger charge is -2.18. The minimum Gasteiger partial charge on any atom is -0.493 e. The minimum atomic E-state index is -4.21. The van der Waals surface area contributed by atoms with Gasteiger partial charge in [-0.3, -0.25) is 9.89 Å². The molecule has 6 nitrogen and oxygen atoms in total. The van der Waals surface area contributed by atoms with Crippen molar-refractivity contribution in [3.8, 4) is 11.5 Å². The molecule has 9 heteroatoms. The Bertz CT molecular complexity index is 565. The zero-order valence-electron chi connectivity index (χ0n) is 14.9. The third kappa shape index (κ3) is 7.97. The summed E-state index contributed by atoms with van der Waals surface area (Å²) in [5.41, 5.74) is 0.723. The number of nitrogens with zero attached hydrogens (tertiary/aromatic N) is 2. The Kier molecular flexibility index (Phi) is 8.33. The molecule has 0 fully saturated rings. The van der Waals surface area contributed by atoms with Crippen molar-refractivity contribution in [2.75, 3.05) is 52.8 Å². The number of hydrogen-bond donors (Lipinski definition) is 2. The maximum atomic E-state index is 12.3. The van der Waals surface area contributed by atoms with Gasteiger partial charge in [-0.2, -0.15) is 13.2 Å². The molecule has 0 heterocycles. The molecule has 0 spiro atoms. The minimum absolute atomic E-state index is 0.196. The highest BCUT2D eigenvalue weighted by atomic mass is 19.4. The van der Waals surface area contributed by atoms with Gasteiger partial charge in [0, 0.05) is 24.8 Å². The molecule has 0 aliphatic heterocycles. The fraction of sp³-hybridized carbons (Fsp3) is 0.562. The highest BCUT2D eigenvalue weighted by Crippen LogP contribution is 2.29. The third-order valence-corrected chi connectivity index (χ3v) is 3.19. The van der Waals surface area contributed by atoms with Crippen molar-refractivity contribution >= 4 is 11.6 Å². The number of anilines is 1. The van der Waals surface area contributed by atoms with Crippen LogP contribution in [0.3, 0.4) is 0 Å². The Hall–Kier alpha value is -2.16. The monoisotopic (exact) mass is 362 g/mol. The summed E-state index contributed by atoms with van der Waals surface area (Å²) in [4.78, 5) is 5.47. The molecule has 1 rings (SSSR count).